The number of aryl methyl sites for hydroxylation is 2. The molecule has 0 saturated carbocycles. The van der Waals surface area contributed by atoms with Gasteiger partial charge in [0.25, 0.3) is 0 Å². The van der Waals surface area contributed by atoms with Gasteiger partial charge in [-0.3, -0.25) is 10.7 Å². The van der Waals surface area contributed by atoms with E-state index in [1.54, 1.807) is 6.92 Å². The van der Waals surface area contributed by atoms with Crippen LogP contribution in [0.3, 0.4) is 0 Å². The Morgan fingerprint density at radius 2 is 2.19 bits per heavy atom. The minimum atomic E-state index is 0.504. The van der Waals surface area contributed by atoms with E-state index in [1.165, 1.54) is 18.4 Å². The van der Waals surface area contributed by atoms with Gasteiger partial charge in [-0.25, -0.2) is 4.99 Å². The van der Waals surface area contributed by atoms with Crippen molar-refractivity contribution in [2.75, 3.05) is 0 Å². The van der Waals surface area contributed by atoms with Crippen LogP contribution < -0.4 is 5.48 Å². The lowest BCUT2D eigenvalue weighted by atomic mass is 10.0. The molecule has 0 aliphatic heterocycles. The molecule has 16 heavy (non-hydrogen) atoms. The molecule has 0 heterocycles. The standard InChI is InChI=1S/C13H20N2O/c1-4-5-6-12-7-8-13(10(2)9-12)14-11(3)15-16/h7-9,16H,4-6H2,1-3H3,(H,14,15). The van der Waals surface area contributed by atoms with Gasteiger partial charge >= 0.3 is 0 Å². The summed E-state index contributed by atoms with van der Waals surface area (Å²) in [5.74, 6) is 0.504. The summed E-state index contributed by atoms with van der Waals surface area (Å²) in [4.78, 5) is 4.25. The Kier molecular flexibility index (Phi) is 4.99. The quantitative estimate of drug-likeness (QED) is 0.464. The molecule has 3 heteroatoms. The summed E-state index contributed by atoms with van der Waals surface area (Å²) in [6, 6.07) is 6.27. The number of rotatable bonds is 4. The number of hydrogen-bond donors (Lipinski definition) is 2. The highest BCUT2D eigenvalue weighted by atomic mass is 16.5. The topological polar surface area (TPSA) is 44.6 Å². The summed E-state index contributed by atoms with van der Waals surface area (Å²) in [5, 5.41) is 8.68. The molecular formula is C13H20N2O. The zero-order valence-electron chi connectivity index (χ0n) is 10.2. The molecule has 0 unspecified atom stereocenters. The van der Waals surface area contributed by atoms with E-state index in [2.05, 4.69) is 24.0 Å². The van der Waals surface area contributed by atoms with Crippen molar-refractivity contribution in [3.8, 4) is 0 Å². The van der Waals surface area contributed by atoms with Crippen molar-refractivity contribution in [2.45, 2.75) is 40.0 Å². The van der Waals surface area contributed by atoms with Crippen LogP contribution in [0.2, 0.25) is 0 Å². The van der Waals surface area contributed by atoms with Crippen molar-refractivity contribution in [3.63, 3.8) is 0 Å². The van der Waals surface area contributed by atoms with E-state index in [1.807, 2.05) is 18.5 Å². The summed E-state index contributed by atoms with van der Waals surface area (Å²) >= 11 is 0. The molecule has 0 fully saturated rings. The van der Waals surface area contributed by atoms with Gasteiger partial charge in [0, 0.05) is 0 Å². The molecule has 0 aromatic heterocycles. The van der Waals surface area contributed by atoms with E-state index in [9.17, 15) is 0 Å². The lowest BCUT2D eigenvalue weighted by Gasteiger charge is -2.05. The Labute approximate surface area is 97.2 Å². The van der Waals surface area contributed by atoms with Gasteiger partial charge in [0.05, 0.1) is 5.69 Å². The van der Waals surface area contributed by atoms with Gasteiger partial charge in [-0.05, 0) is 43.9 Å². The predicted octanol–water partition coefficient (Wildman–Crippen LogP) is 3.37. The smallest absolute Gasteiger partial charge is 0.123 e. The van der Waals surface area contributed by atoms with Crippen LogP contribution in [0.15, 0.2) is 23.2 Å². The van der Waals surface area contributed by atoms with Crippen LogP contribution >= 0.6 is 0 Å². The molecule has 3 nitrogen and oxygen atoms in total. The van der Waals surface area contributed by atoms with Gasteiger partial charge in [0.1, 0.15) is 5.84 Å². The Morgan fingerprint density at radius 1 is 1.44 bits per heavy atom. The lowest BCUT2D eigenvalue weighted by Crippen LogP contribution is -2.13. The van der Waals surface area contributed by atoms with Gasteiger partial charge < -0.3 is 0 Å². The van der Waals surface area contributed by atoms with Crippen molar-refractivity contribution in [2.24, 2.45) is 4.99 Å². The van der Waals surface area contributed by atoms with Crippen molar-refractivity contribution in [3.05, 3.63) is 29.3 Å². The maximum absolute atomic E-state index is 8.68. The van der Waals surface area contributed by atoms with Gasteiger partial charge in [0.15, 0.2) is 0 Å². The molecule has 0 aliphatic rings. The van der Waals surface area contributed by atoms with Crippen LogP contribution in [0.1, 0.15) is 37.8 Å². The number of benzene rings is 1. The predicted molar refractivity (Wildman–Crippen MR) is 67.5 cm³/mol. The number of hydroxylamine groups is 1. The van der Waals surface area contributed by atoms with Crippen LogP contribution in [0.5, 0.6) is 0 Å². The number of aliphatic imine (C=N–C) groups is 1. The first kappa shape index (κ1) is 12.7. The molecule has 1 aromatic rings. The molecule has 0 aliphatic carbocycles. The van der Waals surface area contributed by atoms with E-state index in [4.69, 9.17) is 5.21 Å². The highest BCUT2D eigenvalue weighted by molar-refractivity contribution is 5.81. The van der Waals surface area contributed by atoms with Crippen LogP contribution in [-0.2, 0) is 6.42 Å². The molecule has 0 amide bonds. The minimum Gasteiger partial charge on any atom is -0.290 e. The lowest BCUT2D eigenvalue weighted by molar-refractivity contribution is 0.234. The molecular weight excluding hydrogens is 200 g/mol. The largest absolute Gasteiger partial charge is 0.290 e. The molecule has 0 bridgehead atoms. The molecule has 1 aromatic carbocycles. The third kappa shape index (κ3) is 3.66. The molecule has 0 spiro atoms. The Hall–Kier alpha value is -1.35. The second kappa shape index (κ2) is 6.28. The number of amidine groups is 1. The molecule has 1 rings (SSSR count). The van der Waals surface area contributed by atoms with Gasteiger partial charge in [-0.2, -0.15) is 0 Å². The first-order valence-corrected chi connectivity index (χ1v) is 5.72. The van der Waals surface area contributed by atoms with Gasteiger partial charge in [-0.15, -0.1) is 0 Å². The average Bonchev–Trinajstić information content (AvgIpc) is 2.29. The van der Waals surface area contributed by atoms with E-state index >= 15 is 0 Å². The zero-order chi connectivity index (χ0) is 12.0. The van der Waals surface area contributed by atoms with E-state index < -0.39 is 0 Å². The Bertz CT molecular complexity index is 372. The van der Waals surface area contributed by atoms with E-state index in [0.717, 1.165) is 17.7 Å². The van der Waals surface area contributed by atoms with Crippen LogP contribution in [-0.4, -0.2) is 11.0 Å². The molecule has 2 N–H and O–H groups in total. The van der Waals surface area contributed by atoms with Crippen molar-refractivity contribution >= 4 is 11.5 Å². The Balaban J connectivity index is 2.83. The SMILES string of the molecule is CCCCc1ccc(N=C(C)NO)c(C)c1. The average molecular weight is 220 g/mol. The highest BCUT2D eigenvalue weighted by Gasteiger charge is 1.99. The van der Waals surface area contributed by atoms with E-state index in [-0.39, 0.29) is 0 Å². The Morgan fingerprint density at radius 3 is 2.75 bits per heavy atom. The fourth-order valence-electron chi connectivity index (χ4n) is 1.59. The first-order valence-electron chi connectivity index (χ1n) is 5.72. The van der Waals surface area contributed by atoms with Crippen LogP contribution in [0.25, 0.3) is 0 Å². The van der Waals surface area contributed by atoms with Crippen LogP contribution in [0.4, 0.5) is 5.69 Å². The first-order chi connectivity index (χ1) is 7.67. The number of unbranched alkanes of at least 4 members (excludes halogenated alkanes) is 1. The second-order valence-corrected chi connectivity index (χ2v) is 4.03. The third-order valence-electron chi connectivity index (χ3n) is 2.53. The van der Waals surface area contributed by atoms with Gasteiger partial charge in [0.2, 0.25) is 0 Å². The summed E-state index contributed by atoms with van der Waals surface area (Å²) in [6.07, 6.45) is 3.56. The van der Waals surface area contributed by atoms with Gasteiger partial charge in [-0.1, -0.05) is 25.5 Å². The molecule has 0 saturated heterocycles. The normalized spacial score (nSPS) is 11.6. The fourth-order valence-corrected chi connectivity index (χ4v) is 1.59. The van der Waals surface area contributed by atoms with Crippen molar-refractivity contribution in [1.29, 1.82) is 0 Å². The van der Waals surface area contributed by atoms with Crippen molar-refractivity contribution < 1.29 is 5.21 Å². The highest BCUT2D eigenvalue weighted by Crippen LogP contribution is 2.20. The number of nitrogens with one attached hydrogen (secondary N) is 1. The number of hydrogen-bond acceptors (Lipinski definition) is 2. The summed E-state index contributed by atoms with van der Waals surface area (Å²) in [5.41, 5.74) is 5.44. The monoisotopic (exact) mass is 220 g/mol. The minimum absolute atomic E-state index is 0.504. The van der Waals surface area contributed by atoms with Crippen molar-refractivity contribution in [1.82, 2.24) is 5.48 Å². The molecule has 88 valence electrons. The van der Waals surface area contributed by atoms with E-state index in [0.29, 0.717) is 5.84 Å². The fraction of sp³-hybridized carbons (Fsp3) is 0.462. The second-order valence-electron chi connectivity index (χ2n) is 4.03. The summed E-state index contributed by atoms with van der Waals surface area (Å²) in [7, 11) is 0. The maximum atomic E-state index is 8.68. The molecule has 0 radical (unpaired) electrons. The molecule has 0 atom stereocenters. The zero-order valence-corrected chi connectivity index (χ0v) is 10.2. The number of nitrogens with zero attached hydrogens (tertiary/aromatic N) is 1. The van der Waals surface area contributed by atoms with Crippen LogP contribution in [0, 0.1) is 6.92 Å². The maximum Gasteiger partial charge on any atom is 0.123 e. The summed E-state index contributed by atoms with van der Waals surface area (Å²) in [6.45, 7) is 5.96. The third-order valence-corrected chi connectivity index (χ3v) is 2.53. The summed E-state index contributed by atoms with van der Waals surface area (Å²) < 4.78 is 0.